The van der Waals surface area contributed by atoms with Gasteiger partial charge in [0, 0.05) is 51.1 Å². The van der Waals surface area contributed by atoms with Crippen LogP contribution >= 0.6 is 0 Å². The molecule has 0 bridgehead atoms. The fourth-order valence-corrected chi connectivity index (χ4v) is 3.92. The topological polar surface area (TPSA) is 73.9 Å². The number of hydrogen-bond donors (Lipinski definition) is 2. The number of methoxy groups -OCH3 is 1. The van der Waals surface area contributed by atoms with E-state index in [4.69, 9.17) is 4.74 Å². The number of amides is 3. The normalized spacial score (nSPS) is 20.2. The first-order valence-corrected chi connectivity index (χ1v) is 10.3. The van der Waals surface area contributed by atoms with Crippen LogP contribution in [0.25, 0.3) is 0 Å². The van der Waals surface area contributed by atoms with Crippen LogP contribution in [0.4, 0.5) is 10.5 Å². The fourth-order valence-electron chi connectivity index (χ4n) is 3.92. The number of urea groups is 1. The van der Waals surface area contributed by atoms with Crippen LogP contribution in [0.15, 0.2) is 24.3 Å². The molecule has 1 aromatic rings. The Bertz CT molecular complexity index is 661. The number of benzene rings is 1. The molecule has 0 spiro atoms. The minimum Gasteiger partial charge on any atom is -0.383 e. The van der Waals surface area contributed by atoms with E-state index < -0.39 is 0 Å². The first-order chi connectivity index (χ1) is 13.7. The second-order valence-electron chi connectivity index (χ2n) is 7.72. The van der Waals surface area contributed by atoms with Crippen LogP contribution in [0.3, 0.4) is 0 Å². The zero-order chi connectivity index (χ0) is 19.8. The van der Waals surface area contributed by atoms with Crippen molar-refractivity contribution in [1.29, 1.82) is 0 Å². The molecule has 3 amide bonds. The van der Waals surface area contributed by atoms with E-state index in [1.165, 1.54) is 6.42 Å². The van der Waals surface area contributed by atoms with E-state index in [9.17, 15) is 9.59 Å². The molecule has 2 saturated heterocycles. The van der Waals surface area contributed by atoms with E-state index >= 15 is 0 Å². The van der Waals surface area contributed by atoms with Crippen LogP contribution in [0.2, 0.25) is 0 Å². The summed E-state index contributed by atoms with van der Waals surface area (Å²) in [5.41, 5.74) is 1.28. The maximum Gasteiger partial charge on any atom is 0.319 e. The van der Waals surface area contributed by atoms with Crippen LogP contribution < -0.4 is 10.6 Å². The standard InChI is InChI=1S/C21H32N4O3/c1-28-13-12-24-11-8-17(16-24)15-22-21(27)23-19-7-5-6-18(14-19)20(26)25-9-3-2-4-10-25/h5-7,14,17H,2-4,8-13,15-16H2,1H3,(H2,22,23,27)/t17-/m0/s1. The average molecular weight is 389 g/mol. The SMILES string of the molecule is COCCN1CC[C@@H](CNC(=O)Nc2cccc(C(=O)N3CCCCC3)c2)C1. The second kappa shape index (κ2) is 10.4. The number of rotatable bonds is 7. The van der Waals surface area contributed by atoms with Crippen molar-refractivity contribution in [2.75, 3.05) is 58.3 Å². The van der Waals surface area contributed by atoms with Crippen molar-refractivity contribution >= 4 is 17.6 Å². The molecule has 0 aliphatic carbocycles. The number of carbonyl (C=O) groups is 2. The number of likely N-dealkylation sites (tertiary alicyclic amines) is 2. The van der Waals surface area contributed by atoms with Crippen molar-refractivity contribution in [3.8, 4) is 0 Å². The third-order valence-corrected chi connectivity index (χ3v) is 5.54. The van der Waals surface area contributed by atoms with Gasteiger partial charge in [0.05, 0.1) is 6.61 Å². The van der Waals surface area contributed by atoms with Gasteiger partial charge in [-0.1, -0.05) is 6.07 Å². The van der Waals surface area contributed by atoms with Gasteiger partial charge in [0.15, 0.2) is 0 Å². The smallest absolute Gasteiger partial charge is 0.319 e. The number of anilines is 1. The molecule has 1 atom stereocenters. The zero-order valence-corrected chi connectivity index (χ0v) is 16.8. The number of carbonyl (C=O) groups excluding carboxylic acids is 2. The number of nitrogens with one attached hydrogen (secondary N) is 2. The summed E-state index contributed by atoms with van der Waals surface area (Å²) in [5.74, 6) is 0.514. The molecule has 2 heterocycles. The van der Waals surface area contributed by atoms with Crippen LogP contribution in [-0.4, -0.2) is 74.7 Å². The van der Waals surface area contributed by atoms with Crippen molar-refractivity contribution in [3.63, 3.8) is 0 Å². The summed E-state index contributed by atoms with van der Waals surface area (Å²) in [6.07, 6.45) is 4.41. The second-order valence-corrected chi connectivity index (χ2v) is 7.72. The number of hydrogen-bond acceptors (Lipinski definition) is 4. The third kappa shape index (κ3) is 5.94. The summed E-state index contributed by atoms with van der Waals surface area (Å²) in [4.78, 5) is 29.1. The summed E-state index contributed by atoms with van der Waals surface area (Å²) in [6.45, 7) is 6.02. The first-order valence-electron chi connectivity index (χ1n) is 10.3. The summed E-state index contributed by atoms with van der Waals surface area (Å²) in [7, 11) is 1.72. The molecule has 2 aliphatic rings. The van der Waals surface area contributed by atoms with Crippen LogP contribution in [-0.2, 0) is 4.74 Å². The van der Waals surface area contributed by atoms with E-state index in [0.29, 0.717) is 23.7 Å². The first kappa shape index (κ1) is 20.6. The predicted octanol–water partition coefficient (Wildman–Crippen LogP) is 2.40. The Labute approximate surface area is 167 Å². The van der Waals surface area contributed by atoms with Gasteiger partial charge < -0.3 is 25.2 Å². The van der Waals surface area contributed by atoms with Gasteiger partial charge in [-0.15, -0.1) is 0 Å². The van der Waals surface area contributed by atoms with Gasteiger partial charge in [-0.05, 0) is 56.3 Å². The van der Waals surface area contributed by atoms with Crippen molar-refractivity contribution in [3.05, 3.63) is 29.8 Å². The Morgan fingerprint density at radius 1 is 1.18 bits per heavy atom. The number of piperidine rings is 1. The largest absolute Gasteiger partial charge is 0.383 e. The molecule has 7 nitrogen and oxygen atoms in total. The summed E-state index contributed by atoms with van der Waals surface area (Å²) < 4.78 is 5.12. The molecule has 0 unspecified atom stereocenters. The van der Waals surface area contributed by atoms with Gasteiger partial charge >= 0.3 is 6.03 Å². The van der Waals surface area contributed by atoms with E-state index in [2.05, 4.69) is 15.5 Å². The van der Waals surface area contributed by atoms with Crippen molar-refractivity contribution < 1.29 is 14.3 Å². The van der Waals surface area contributed by atoms with Gasteiger partial charge in [-0.2, -0.15) is 0 Å². The lowest BCUT2D eigenvalue weighted by molar-refractivity contribution is 0.0724. The summed E-state index contributed by atoms with van der Waals surface area (Å²) in [6, 6.07) is 6.98. The van der Waals surface area contributed by atoms with E-state index in [1.807, 2.05) is 23.1 Å². The number of ether oxygens (including phenoxy) is 1. The molecule has 3 rings (SSSR count). The highest BCUT2D eigenvalue weighted by Gasteiger charge is 2.22. The van der Waals surface area contributed by atoms with Gasteiger partial charge in [0.1, 0.15) is 0 Å². The van der Waals surface area contributed by atoms with Crippen LogP contribution in [0, 0.1) is 5.92 Å². The van der Waals surface area contributed by atoms with Crippen molar-refractivity contribution in [1.82, 2.24) is 15.1 Å². The van der Waals surface area contributed by atoms with E-state index in [-0.39, 0.29) is 11.9 Å². The third-order valence-electron chi connectivity index (χ3n) is 5.54. The average Bonchev–Trinajstić information content (AvgIpc) is 3.19. The Hall–Kier alpha value is -2.12. The molecule has 2 aliphatic heterocycles. The Morgan fingerprint density at radius 2 is 2.00 bits per heavy atom. The highest BCUT2D eigenvalue weighted by Crippen LogP contribution is 2.17. The van der Waals surface area contributed by atoms with Gasteiger partial charge in [0.2, 0.25) is 0 Å². The maximum atomic E-state index is 12.6. The van der Waals surface area contributed by atoms with Crippen LogP contribution in [0.5, 0.6) is 0 Å². The van der Waals surface area contributed by atoms with Crippen molar-refractivity contribution in [2.24, 2.45) is 5.92 Å². The molecule has 0 aromatic heterocycles. The Kier molecular flexibility index (Phi) is 7.68. The number of nitrogens with zero attached hydrogens (tertiary/aromatic N) is 2. The predicted molar refractivity (Wildman–Crippen MR) is 110 cm³/mol. The maximum absolute atomic E-state index is 12.6. The zero-order valence-electron chi connectivity index (χ0n) is 16.8. The van der Waals surface area contributed by atoms with Crippen LogP contribution in [0.1, 0.15) is 36.0 Å². The van der Waals surface area contributed by atoms with E-state index in [0.717, 1.165) is 58.6 Å². The van der Waals surface area contributed by atoms with Gasteiger partial charge in [-0.25, -0.2) is 4.79 Å². The van der Waals surface area contributed by atoms with E-state index in [1.54, 1.807) is 13.2 Å². The van der Waals surface area contributed by atoms with Gasteiger partial charge in [0.25, 0.3) is 5.91 Å². The molecule has 1 aromatic carbocycles. The molecule has 0 saturated carbocycles. The molecular formula is C21H32N4O3. The highest BCUT2D eigenvalue weighted by molar-refractivity contribution is 5.97. The lowest BCUT2D eigenvalue weighted by Gasteiger charge is -2.26. The molecule has 2 N–H and O–H groups in total. The fraction of sp³-hybridized carbons (Fsp3) is 0.619. The summed E-state index contributed by atoms with van der Waals surface area (Å²) >= 11 is 0. The molecule has 28 heavy (non-hydrogen) atoms. The lowest BCUT2D eigenvalue weighted by atomic mass is 10.1. The molecular weight excluding hydrogens is 356 g/mol. The minimum atomic E-state index is -0.224. The molecule has 154 valence electrons. The van der Waals surface area contributed by atoms with Crippen molar-refractivity contribution in [2.45, 2.75) is 25.7 Å². The highest BCUT2D eigenvalue weighted by atomic mass is 16.5. The minimum absolute atomic E-state index is 0.0471. The van der Waals surface area contributed by atoms with Gasteiger partial charge in [-0.3, -0.25) is 4.79 Å². The Balaban J connectivity index is 1.45. The lowest BCUT2D eigenvalue weighted by Crippen LogP contribution is -2.36. The monoisotopic (exact) mass is 388 g/mol. The molecule has 2 fully saturated rings. The Morgan fingerprint density at radius 3 is 2.79 bits per heavy atom. The molecule has 7 heteroatoms. The summed E-state index contributed by atoms with van der Waals surface area (Å²) in [5, 5.41) is 5.81. The molecule has 0 radical (unpaired) electrons. The quantitative estimate of drug-likeness (QED) is 0.752.